The second-order valence-corrected chi connectivity index (χ2v) is 10.6. The van der Waals surface area contributed by atoms with Crippen molar-refractivity contribution in [3.63, 3.8) is 0 Å². The predicted molar refractivity (Wildman–Crippen MR) is 161 cm³/mol. The van der Waals surface area contributed by atoms with Crippen molar-refractivity contribution in [2.75, 3.05) is 26.0 Å². The highest BCUT2D eigenvalue weighted by molar-refractivity contribution is 6.08. The number of rotatable bonds is 8. The van der Waals surface area contributed by atoms with Gasteiger partial charge in [-0.25, -0.2) is 4.98 Å². The van der Waals surface area contributed by atoms with Gasteiger partial charge in [0.1, 0.15) is 5.65 Å². The van der Waals surface area contributed by atoms with E-state index in [1.807, 2.05) is 54.9 Å². The summed E-state index contributed by atoms with van der Waals surface area (Å²) in [4.78, 5) is 23.0. The number of fused-ring (bicyclic) bond motifs is 1. The molecule has 0 bridgehead atoms. The summed E-state index contributed by atoms with van der Waals surface area (Å²) < 4.78 is 3.84. The monoisotopic (exact) mass is 536 g/mol. The summed E-state index contributed by atoms with van der Waals surface area (Å²) in [5.74, 6) is -0.239. The van der Waals surface area contributed by atoms with Gasteiger partial charge in [-0.2, -0.15) is 10.2 Å². The van der Waals surface area contributed by atoms with Crippen LogP contribution in [0.15, 0.2) is 49.6 Å². The number of nitrogens with zero attached hydrogens (tertiary/aromatic N) is 6. The molecule has 0 aliphatic rings. The molecular formula is C31H36N8O. The molecule has 0 fully saturated rings. The smallest absolute Gasteiger partial charge is 0.247 e. The molecule has 0 radical (unpaired) electrons. The Morgan fingerprint density at radius 3 is 2.50 bits per heavy atom. The first-order valence-electron chi connectivity index (χ1n) is 13.3. The summed E-state index contributed by atoms with van der Waals surface area (Å²) >= 11 is 0. The molecule has 1 aromatic carbocycles. The summed E-state index contributed by atoms with van der Waals surface area (Å²) in [6.45, 7) is 13.5. The van der Waals surface area contributed by atoms with Crippen molar-refractivity contribution in [1.29, 1.82) is 0 Å². The number of benzene rings is 1. The molecule has 0 spiro atoms. The summed E-state index contributed by atoms with van der Waals surface area (Å²) in [5.41, 5.74) is 11.8. The van der Waals surface area contributed by atoms with Crippen LogP contribution < -0.4 is 5.32 Å². The standard InChI is InChI=1S/C31H36N8O/c1-9-26(40)35-29-18(2)10-11-23(20(29)4)28-27-19(3)24(25-16-33-38(8)21(25)5)15-32-31(27)36-30(28)22-14-34-39(17-22)13-12-37(6)7/h9-11,14-17H,1,12-13H2,2-8H3,(H,32,36)(H,35,40). The Bertz CT molecular complexity index is 1750. The molecule has 0 unspecified atom stereocenters. The van der Waals surface area contributed by atoms with E-state index in [2.05, 4.69) is 72.2 Å². The molecule has 1 amide bonds. The first-order chi connectivity index (χ1) is 19.1. The Morgan fingerprint density at radius 2 is 1.82 bits per heavy atom. The molecule has 0 saturated heterocycles. The molecule has 0 saturated carbocycles. The van der Waals surface area contributed by atoms with Crippen molar-refractivity contribution in [1.82, 2.24) is 34.4 Å². The van der Waals surface area contributed by atoms with E-state index in [0.29, 0.717) is 0 Å². The first kappa shape index (κ1) is 27.1. The third kappa shape index (κ3) is 4.73. The number of hydrogen-bond donors (Lipinski definition) is 2. The predicted octanol–water partition coefficient (Wildman–Crippen LogP) is 5.41. The highest BCUT2D eigenvalue weighted by atomic mass is 16.1. The molecule has 0 aliphatic carbocycles. The third-order valence-electron chi connectivity index (χ3n) is 7.68. The number of amides is 1. The number of likely N-dealkylation sites (N-methyl/N-ethyl adjacent to an activating group) is 1. The Morgan fingerprint density at radius 1 is 1.05 bits per heavy atom. The van der Waals surface area contributed by atoms with Crippen LogP contribution in [0.25, 0.3) is 44.5 Å². The topological polar surface area (TPSA) is 96.7 Å². The van der Waals surface area contributed by atoms with Crippen LogP contribution >= 0.6 is 0 Å². The lowest BCUT2D eigenvalue weighted by molar-refractivity contribution is -0.111. The maximum Gasteiger partial charge on any atom is 0.247 e. The van der Waals surface area contributed by atoms with Gasteiger partial charge in [0.2, 0.25) is 5.91 Å². The average Bonchev–Trinajstić information content (AvgIpc) is 3.63. The van der Waals surface area contributed by atoms with E-state index >= 15 is 0 Å². The lowest BCUT2D eigenvalue weighted by atomic mass is 9.91. The number of aromatic amines is 1. The van der Waals surface area contributed by atoms with Crippen LogP contribution in [-0.2, 0) is 18.4 Å². The Balaban J connectivity index is 1.79. The van der Waals surface area contributed by atoms with E-state index in [9.17, 15) is 4.79 Å². The van der Waals surface area contributed by atoms with Crippen molar-refractivity contribution in [2.45, 2.75) is 34.2 Å². The number of hydrogen-bond acceptors (Lipinski definition) is 5. The molecule has 9 nitrogen and oxygen atoms in total. The largest absolute Gasteiger partial charge is 0.339 e. The van der Waals surface area contributed by atoms with Crippen molar-refractivity contribution in [3.8, 4) is 33.5 Å². The van der Waals surface area contributed by atoms with Gasteiger partial charge in [0.15, 0.2) is 0 Å². The fourth-order valence-corrected chi connectivity index (χ4v) is 5.23. The maximum atomic E-state index is 12.3. The van der Waals surface area contributed by atoms with Crippen LogP contribution in [0.3, 0.4) is 0 Å². The molecule has 40 heavy (non-hydrogen) atoms. The summed E-state index contributed by atoms with van der Waals surface area (Å²) in [6.07, 6.45) is 9.08. The van der Waals surface area contributed by atoms with Gasteiger partial charge in [-0.15, -0.1) is 0 Å². The van der Waals surface area contributed by atoms with Crippen LogP contribution in [-0.4, -0.2) is 61.0 Å². The molecule has 2 N–H and O–H groups in total. The zero-order chi connectivity index (χ0) is 28.7. The highest BCUT2D eigenvalue weighted by Gasteiger charge is 2.24. The van der Waals surface area contributed by atoms with E-state index in [1.165, 1.54) is 6.08 Å². The fraction of sp³-hybridized carbons (Fsp3) is 0.290. The van der Waals surface area contributed by atoms with E-state index < -0.39 is 0 Å². The van der Waals surface area contributed by atoms with E-state index in [-0.39, 0.29) is 5.91 Å². The number of carbonyl (C=O) groups excluding carboxylic acids is 1. The molecule has 4 heterocycles. The van der Waals surface area contributed by atoms with E-state index in [0.717, 1.165) is 85.7 Å². The van der Waals surface area contributed by atoms with Gasteiger partial charge in [0.05, 0.1) is 24.6 Å². The Labute approximate surface area is 234 Å². The summed E-state index contributed by atoms with van der Waals surface area (Å²) in [6, 6.07) is 4.17. The van der Waals surface area contributed by atoms with Gasteiger partial charge < -0.3 is 15.2 Å². The number of aryl methyl sites for hydroxylation is 3. The number of anilines is 1. The number of aromatic nitrogens is 6. The van der Waals surface area contributed by atoms with Crippen molar-refractivity contribution in [2.24, 2.45) is 7.05 Å². The van der Waals surface area contributed by atoms with Crippen molar-refractivity contribution in [3.05, 3.63) is 72.0 Å². The van der Waals surface area contributed by atoms with E-state index in [1.54, 1.807) is 0 Å². The minimum absolute atomic E-state index is 0.239. The molecule has 0 atom stereocenters. The minimum atomic E-state index is -0.239. The lowest BCUT2D eigenvalue weighted by Crippen LogP contribution is -2.18. The summed E-state index contributed by atoms with van der Waals surface area (Å²) in [5, 5.41) is 13.2. The molecule has 9 heteroatoms. The lowest BCUT2D eigenvalue weighted by Gasteiger charge is -2.16. The van der Waals surface area contributed by atoms with Crippen LogP contribution in [0.1, 0.15) is 22.4 Å². The Kier molecular flexibility index (Phi) is 7.16. The molecule has 4 aromatic heterocycles. The molecule has 5 aromatic rings. The van der Waals surface area contributed by atoms with Crippen molar-refractivity contribution < 1.29 is 4.79 Å². The number of H-pyrrole nitrogens is 1. The number of carbonyl (C=O) groups is 1. The quantitative estimate of drug-likeness (QED) is 0.258. The van der Waals surface area contributed by atoms with Crippen LogP contribution in [0.2, 0.25) is 0 Å². The highest BCUT2D eigenvalue weighted by Crippen LogP contribution is 2.44. The third-order valence-corrected chi connectivity index (χ3v) is 7.68. The summed E-state index contributed by atoms with van der Waals surface area (Å²) in [7, 11) is 6.06. The SMILES string of the molecule is C=CC(=O)Nc1c(C)ccc(-c2c(-c3cnn(CCN(C)C)c3)[nH]c3ncc(-c4cnn(C)c4C)c(C)c23)c1C. The maximum absolute atomic E-state index is 12.3. The van der Waals surface area contributed by atoms with Gasteiger partial charge in [0, 0.05) is 65.0 Å². The minimum Gasteiger partial charge on any atom is -0.339 e. The van der Waals surface area contributed by atoms with Gasteiger partial charge in [0.25, 0.3) is 0 Å². The second-order valence-electron chi connectivity index (χ2n) is 10.6. The van der Waals surface area contributed by atoms with Crippen LogP contribution in [0.4, 0.5) is 5.69 Å². The number of nitrogens with one attached hydrogen (secondary N) is 2. The van der Waals surface area contributed by atoms with Crippen molar-refractivity contribution >= 4 is 22.6 Å². The zero-order valence-corrected chi connectivity index (χ0v) is 24.3. The van der Waals surface area contributed by atoms with Gasteiger partial charge >= 0.3 is 0 Å². The van der Waals surface area contributed by atoms with Gasteiger partial charge in [-0.05, 0) is 70.1 Å². The van der Waals surface area contributed by atoms with E-state index in [4.69, 9.17) is 4.98 Å². The zero-order valence-electron chi connectivity index (χ0n) is 24.3. The van der Waals surface area contributed by atoms with Crippen LogP contribution in [0.5, 0.6) is 0 Å². The molecule has 5 rings (SSSR count). The van der Waals surface area contributed by atoms with Crippen LogP contribution in [0, 0.1) is 27.7 Å². The second kappa shape index (κ2) is 10.6. The first-order valence-corrected chi connectivity index (χ1v) is 13.3. The fourth-order valence-electron chi connectivity index (χ4n) is 5.23. The van der Waals surface area contributed by atoms with Gasteiger partial charge in [-0.3, -0.25) is 14.2 Å². The molecule has 206 valence electrons. The molecule has 0 aliphatic heterocycles. The van der Waals surface area contributed by atoms with Gasteiger partial charge in [-0.1, -0.05) is 18.7 Å². The molecular weight excluding hydrogens is 500 g/mol. The normalized spacial score (nSPS) is 11.5. The average molecular weight is 537 g/mol. The Hall–Kier alpha value is -4.50. The number of pyridine rings is 1.